The lowest BCUT2D eigenvalue weighted by Crippen LogP contribution is -2.46. The number of hydrogen-bond acceptors (Lipinski definition) is 5. The molecule has 0 aromatic heterocycles. The van der Waals surface area contributed by atoms with E-state index in [1.807, 2.05) is 0 Å². The van der Waals surface area contributed by atoms with E-state index in [2.05, 4.69) is 5.32 Å². The van der Waals surface area contributed by atoms with Crippen molar-refractivity contribution in [3.63, 3.8) is 0 Å². The van der Waals surface area contributed by atoms with Crippen LogP contribution in [0.15, 0.2) is 0 Å². The number of rotatable bonds is 4. The van der Waals surface area contributed by atoms with Gasteiger partial charge >= 0.3 is 12.0 Å². The van der Waals surface area contributed by atoms with Crippen molar-refractivity contribution in [1.82, 2.24) is 15.1 Å². The fourth-order valence-electron chi connectivity index (χ4n) is 2.49. The fraction of sp³-hybridized carbons (Fsp3) is 0.750. The van der Waals surface area contributed by atoms with Crippen LogP contribution in [0.1, 0.15) is 19.8 Å². The second-order valence-corrected chi connectivity index (χ2v) is 4.66. The molecule has 2 aliphatic heterocycles. The van der Waals surface area contributed by atoms with Gasteiger partial charge in [-0.15, -0.1) is 0 Å². The van der Waals surface area contributed by atoms with E-state index in [9.17, 15) is 14.4 Å². The molecule has 0 radical (unpaired) electrons. The Balaban J connectivity index is 1.92. The predicted molar refractivity (Wildman–Crippen MR) is 66.3 cm³/mol. The van der Waals surface area contributed by atoms with Crippen LogP contribution in [-0.2, 0) is 14.3 Å². The number of ether oxygens (including phenoxy) is 1. The van der Waals surface area contributed by atoms with Gasteiger partial charge in [0.25, 0.3) is 0 Å². The molecule has 7 heteroatoms. The van der Waals surface area contributed by atoms with Crippen LogP contribution in [0.25, 0.3) is 0 Å². The third-order valence-electron chi connectivity index (χ3n) is 3.42. The highest BCUT2D eigenvalue weighted by atomic mass is 16.5. The summed E-state index contributed by atoms with van der Waals surface area (Å²) in [6, 6.07) is -0.702. The van der Waals surface area contributed by atoms with E-state index in [4.69, 9.17) is 4.74 Å². The number of nitrogens with zero attached hydrogens (tertiary/aromatic N) is 2. The molecule has 3 amide bonds. The predicted octanol–water partition coefficient (Wildman–Crippen LogP) is -0.434. The maximum Gasteiger partial charge on any atom is 0.324 e. The SMILES string of the molecule is CCOC(=O)C1CCCN1CC(=O)N1CCNC1=O. The van der Waals surface area contributed by atoms with Gasteiger partial charge in [0.2, 0.25) is 5.91 Å². The molecule has 1 N–H and O–H groups in total. The molecule has 0 bridgehead atoms. The molecular weight excluding hydrogens is 250 g/mol. The Morgan fingerprint density at radius 2 is 2.21 bits per heavy atom. The molecule has 0 aromatic carbocycles. The largest absolute Gasteiger partial charge is 0.465 e. The molecule has 7 nitrogen and oxygen atoms in total. The summed E-state index contributed by atoms with van der Waals surface area (Å²) in [4.78, 5) is 38.1. The van der Waals surface area contributed by atoms with Crippen molar-refractivity contribution in [3.05, 3.63) is 0 Å². The van der Waals surface area contributed by atoms with Crippen LogP contribution >= 0.6 is 0 Å². The molecule has 0 aliphatic carbocycles. The summed E-state index contributed by atoms with van der Waals surface area (Å²) in [7, 11) is 0. The average Bonchev–Trinajstić information content (AvgIpc) is 2.98. The van der Waals surface area contributed by atoms with E-state index in [1.165, 1.54) is 4.90 Å². The Morgan fingerprint density at radius 1 is 1.42 bits per heavy atom. The molecule has 2 heterocycles. The van der Waals surface area contributed by atoms with Crippen LogP contribution in [0, 0.1) is 0 Å². The molecule has 0 saturated carbocycles. The molecule has 2 fully saturated rings. The third kappa shape index (κ3) is 3.04. The van der Waals surface area contributed by atoms with E-state index in [0.717, 1.165) is 6.42 Å². The first-order chi connectivity index (χ1) is 9.13. The Morgan fingerprint density at radius 3 is 2.84 bits per heavy atom. The zero-order chi connectivity index (χ0) is 13.8. The van der Waals surface area contributed by atoms with Crippen molar-refractivity contribution in [3.8, 4) is 0 Å². The monoisotopic (exact) mass is 269 g/mol. The van der Waals surface area contributed by atoms with E-state index in [-0.39, 0.29) is 30.5 Å². The van der Waals surface area contributed by atoms with Gasteiger partial charge in [0.15, 0.2) is 0 Å². The summed E-state index contributed by atoms with van der Waals surface area (Å²) in [6.45, 7) is 3.77. The molecule has 1 atom stereocenters. The normalized spacial score (nSPS) is 23.5. The van der Waals surface area contributed by atoms with Gasteiger partial charge in [0, 0.05) is 13.1 Å². The Labute approximate surface area is 111 Å². The minimum Gasteiger partial charge on any atom is -0.465 e. The minimum absolute atomic E-state index is 0.0941. The fourth-order valence-corrected chi connectivity index (χ4v) is 2.49. The molecule has 2 saturated heterocycles. The number of esters is 1. The van der Waals surface area contributed by atoms with Gasteiger partial charge in [-0.1, -0.05) is 0 Å². The summed E-state index contributed by atoms with van der Waals surface area (Å²) in [5, 5.41) is 2.59. The quantitative estimate of drug-likeness (QED) is 0.700. The van der Waals surface area contributed by atoms with Crippen LogP contribution in [-0.4, -0.2) is 66.5 Å². The lowest BCUT2D eigenvalue weighted by molar-refractivity contribution is -0.149. The lowest BCUT2D eigenvalue weighted by atomic mass is 10.2. The number of carbonyl (C=O) groups is 3. The van der Waals surface area contributed by atoms with E-state index in [0.29, 0.717) is 32.7 Å². The number of amides is 3. The van der Waals surface area contributed by atoms with Crippen LogP contribution in [0.5, 0.6) is 0 Å². The zero-order valence-electron chi connectivity index (χ0n) is 11.1. The maximum atomic E-state index is 12.0. The molecule has 106 valence electrons. The summed E-state index contributed by atoms with van der Waals surface area (Å²) >= 11 is 0. The smallest absolute Gasteiger partial charge is 0.324 e. The highest BCUT2D eigenvalue weighted by molar-refractivity contribution is 5.96. The van der Waals surface area contributed by atoms with Crippen LogP contribution in [0.3, 0.4) is 0 Å². The molecule has 0 aromatic rings. The van der Waals surface area contributed by atoms with Crippen molar-refractivity contribution in [2.45, 2.75) is 25.8 Å². The first kappa shape index (κ1) is 13.8. The molecular formula is C12H19N3O4. The summed E-state index contributed by atoms with van der Waals surface area (Å²) in [6.07, 6.45) is 1.57. The summed E-state index contributed by atoms with van der Waals surface area (Å²) in [5.41, 5.74) is 0. The first-order valence-corrected chi connectivity index (χ1v) is 6.62. The van der Waals surface area contributed by atoms with Crippen molar-refractivity contribution < 1.29 is 19.1 Å². The van der Waals surface area contributed by atoms with Gasteiger partial charge in [0.05, 0.1) is 13.2 Å². The second kappa shape index (κ2) is 6.01. The van der Waals surface area contributed by atoms with Crippen LogP contribution in [0.2, 0.25) is 0 Å². The van der Waals surface area contributed by atoms with Gasteiger partial charge in [-0.05, 0) is 26.3 Å². The first-order valence-electron chi connectivity index (χ1n) is 6.62. The van der Waals surface area contributed by atoms with Gasteiger partial charge in [-0.3, -0.25) is 19.4 Å². The summed E-state index contributed by atoms with van der Waals surface area (Å²) in [5.74, 6) is -0.537. The zero-order valence-corrected chi connectivity index (χ0v) is 11.1. The Kier molecular flexibility index (Phi) is 4.36. The molecule has 2 aliphatic rings. The van der Waals surface area contributed by atoms with Crippen molar-refractivity contribution >= 4 is 17.9 Å². The average molecular weight is 269 g/mol. The number of hydrogen-bond donors (Lipinski definition) is 1. The van der Waals surface area contributed by atoms with Gasteiger partial charge < -0.3 is 10.1 Å². The molecule has 19 heavy (non-hydrogen) atoms. The van der Waals surface area contributed by atoms with E-state index in [1.54, 1.807) is 11.8 Å². The molecule has 0 spiro atoms. The number of likely N-dealkylation sites (tertiary alicyclic amines) is 1. The lowest BCUT2D eigenvalue weighted by Gasteiger charge is -2.23. The standard InChI is InChI=1S/C12H19N3O4/c1-2-19-11(17)9-4-3-6-14(9)8-10(16)15-7-5-13-12(15)18/h9H,2-8H2,1H3,(H,13,18). The highest BCUT2D eigenvalue weighted by Crippen LogP contribution is 2.18. The van der Waals surface area contributed by atoms with Crippen molar-refractivity contribution in [1.29, 1.82) is 0 Å². The minimum atomic E-state index is -0.352. The number of carbonyl (C=O) groups excluding carboxylic acids is 3. The van der Waals surface area contributed by atoms with E-state index >= 15 is 0 Å². The van der Waals surface area contributed by atoms with Crippen molar-refractivity contribution in [2.75, 3.05) is 32.8 Å². The summed E-state index contributed by atoms with van der Waals surface area (Å²) < 4.78 is 5.00. The highest BCUT2D eigenvalue weighted by Gasteiger charge is 2.35. The van der Waals surface area contributed by atoms with E-state index < -0.39 is 0 Å². The third-order valence-corrected chi connectivity index (χ3v) is 3.42. The number of imide groups is 1. The molecule has 1 unspecified atom stereocenters. The van der Waals surface area contributed by atoms with Crippen LogP contribution in [0.4, 0.5) is 4.79 Å². The Bertz CT molecular complexity index is 385. The number of urea groups is 1. The number of nitrogens with one attached hydrogen (secondary N) is 1. The van der Waals surface area contributed by atoms with Crippen molar-refractivity contribution in [2.24, 2.45) is 0 Å². The second-order valence-electron chi connectivity index (χ2n) is 4.66. The van der Waals surface area contributed by atoms with Gasteiger partial charge in [0.1, 0.15) is 6.04 Å². The van der Waals surface area contributed by atoms with Crippen LogP contribution < -0.4 is 5.32 Å². The van der Waals surface area contributed by atoms with Gasteiger partial charge in [-0.25, -0.2) is 4.79 Å². The topological polar surface area (TPSA) is 79.0 Å². The molecule has 2 rings (SSSR count). The van der Waals surface area contributed by atoms with Gasteiger partial charge in [-0.2, -0.15) is 0 Å². The Hall–Kier alpha value is -1.63. The maximum absolute atomic E-state index is 12.0.